The highest BCUT2D eigenvalue weighted by molar-refractivity contribution is 9.10. The molecule has 0 fully saturated rings. The van der Waals surface area contributed by atoms with Gasteiger partial charge in [0.05, 0.1) is 11.0 Å². The molecule has 2 rings (SSSR count). The SMILES string of the molecule is CN(C)C(=O)CCn1c(N)nc2ccc(Br)cc21. The summed E-state index contributed by atoms with van der Waals surface area (Å²) in [5.41, 5.74) is 7.66. The van der Waals surface area contributed by atoms with Gasteiger partial charge in [-0.15, -0.1) is 0 Å². The van der Waals surface area contributed by atoms with Crippen LogP contribution in [0.5, 0.6) is 0 Å². The monoisotopic (exact) mass is 310 g/mol. The smallest absolute Gasteiger partial charge is 0.223 e. The van der Waals surface area contributed by atoms with Crippen molar-refractivity contribution in [2.24, 2.45) is 0 Å². The Morgan fingerprint density at radius 2 is 2.22 bits per heavy atom. The van der Waals surface area contributed by atoms with Crippen LogP contribution in [0.1, 0.15) is 6.42 Å². The molecule has 0 unspecified atom stereocenters. The Hall–Kier alpha value is -1.56. The van der Waals surface area contributed by atoms with Crippen LogP contribution in [0, 0.1) is 0 Å². The number of rotatable bonds is 3. The number of halogens is 1. The van der Waals surface area contributed by atoms with E-state index in [0.717, 1.165) is 15.5 Å². The zero-order valence-corrected chi connectivity index (χ0v) is 11.9. The minimum Gasteiger partial charge on any atom is -0.369 e. The number of nitrogens with zero attached hydrogens (tertiary/aromatic N) is 3. The van der Waals surface area contributed by atoms with Crippen LogP contribution in [0.25, 0.3) is 11.0 Å². The van der Waals surface area contributed by atoms with Gasteiger partial charge in [0.2, 0.25) is 11.9 Å². The Morgan fingerprint density at radius 1 is 1.50 bits per heavy atom. The van der Waals surface area contributed by atoms with Gasteiger partial charge in [0.15, 0.2) is 0 Å². The van der Waals surface area contributed by atoms with Crippen molar-refractivity contribution < 1.29 is 4.79 Å². The maximum Gasteiger partial charge on any atom is 0.223 e. The van der Waals surface area contributed by atoms with E-state index in [4.69, 9.17) is 5.73 Å². The molecule has 6 heteroatoms. The summed E-state index contributed by atoms with van der Waals surface area (Å²) >= 11 is 3.42. The van der Waals surface area contributed by atoms with E-state index in [9.17, 15) is 4.79 Å². The number of hydrogen-bond acceptors (Lipinski definition) is 3. The van der Waals surface area contributed by atoms with Crippen molar-refractivity contribution >= 4 is 38.8 Å². The van der Waals surface area contributed by atoms with Gasteiger partial charge in [0, 0.05) is 31.5 Å². The summed E-state index contributed by atoms with van der Waals surface area (Å²) in [5, 5.41) is 0. The number of aryl methyl sites for hydroxylation is 1. The third-order valence-corrected chi connectivity index (χ3v) is 3.28. The maximum atomic E-state index is 11.6. The molecule has 0 bridgehead atoms. The fourth-order valence-electron chi connectivity index (χ4n) is 1.78. The summed E-state index contributed by atoms with van der Waals surface area (Å²) in [4.78, 5) is 17.4. The zero-order chi connectivity index (χ0) is 13.3. The van der Waals surface area contributed by atoms with E-state index in [2.05, 4.69) is 20.9 Å². The van der Waals surface area contributed by atoms with Crippen molar-refractivity contribution in [3.05, 3.63) is 22.7 Å². The van der Waals surface area contributed by atoms with Gasteiger partial charge in [0.25, 0.3) is 0 Å². The predicted octanol–water partition coefficient (Wildman–Crippen LogP) is 1.86. The number of fused-ring (bicyclic) bond motifs is 1. The molecule has 18 heavy (non-hydrogen) atoms. The Balaban J connectivity index is 2.29. The second-order valence-electron chi connectivity index (χ2n) is 4.29. The number of benzene rings is 1. The molecular weight excluding hydrogens is 296 g/mol. The van der Waals surface area contributed by atoms with Crippen LogP contribution in [0.4, 0.5) is 5.95 Å². The van der Waals surface area contributed by atoms with E-state index in [1.54, 1.807) is 19.0 Å². The topological polar surface area (TPSA) is 64.2 Å². The lowest BCUT2D eigenvalue weighted by molar-refractivity contribution is -0.128. The molecule has 1 aromatic heterocycles. The quantitative estimate of drug-likeness (QED) is 0.941. The van der Waals surface area contributed by atoms with Crippen LogP contribution >= 0.6 is 15.9 Å². The second kappa shape index (κ2) is 4.97. The van der Waals surface area contributed by atoms with Crippen LogP contribution < -0.4 is 5.73 Å². The van der Waals surface area contributed by atoms with Gasteiger partial charge in [-0.3, -0.25) is 4.79 Å². The standard InChI is InChI=1S/C12H15BrN4O/c1-16(2)11(18)5-6-17-10-7-8(13)3-4-9(10)15-12(17)14/h3-4,7H,5-6H2,1-2H3,(H2,14,15). The molecule has 0 aliphatic rings. The highest BCUT2D eigenvalue weighted by Crippen LogP contribution is 2.22. The number of anilines is 1. The van der Waals surface area contributed by atoms with E-state index in [1.807, 2.05) is 22.8 Å². The molecule has 0 saturated heterocycles. The molecule has 0 atom stereocenters. The Morgan fingerprint density at radius 3 is 2.89 bits per heavy atom. The van der Waals surface area contributed by atoms with Gasteiger partial charge in [-0.1, -0.05) is 15.9 Å². The molecule has 1 heterocycles. The third kappa shape index (κ3) is 2.48. The first-order valence-electron chi connectivity index (χ1n) is 5.60. The summed E-state index contributed by atoms with van der Waals surface area (Å²) in [5.74, 6) is 0.515. The van der Waals surface area contributed by atoms with E-state index in [-0.39, 0.29) is 5.91 Å². The summed E-state index contributed by atoms with van der Waals surface area (Å²) in [6.45, 7) is 0.538. The van der Waals surface area contributed by atoms with Crippen LogP contribution in [-0.4, -0.2) is 34.5 Å². The largest absolute Gasteiger partial charge is 0.369 e. The van der Waals surface area contributed by atoms with Crippen molar-refractivity contribution in [2.45, 2.75) is 13.0 Å². The zero-order valence-electron chi connectivity index (χ0n) is 10.4. The Labute approximate surface area is 114 Å². The van der Waals surface area contributed by atoms with Gasteiger partial charge in [-0.2, -0.15) is 0 Å². The Bertz CT molecular complexity index is 591. The molecule has 5 nitrogen and oxygen atoms in total. The number of aromatic nitrogens is 2. The number of imidazole rings is 1. The van der Waals surface area contributed by atoms with Crippen LogP contribution in [0.15, 0.2) is 22.7 Å². The third-order valence-electron chi connectivity index (χ3n) is 2.79. The number of amides is 1. The number of carbonyl (C=O) groups is 1. The summed E-state index contributed by atoms with van der Waals surface area (Å²) < 4.78 is 2.83. The molecular formula is C12H15BrN4O. The average Bonchev–Trinajstić information content (AvgIpc) is 2.61. The fraction of sp³-hybridized carbons (Fsp3) is 0.333. The lowest BCUT2D eigenvalue weighted by Crippen LogP contribution is -2.23. The summed E-state index contributed by atoms with van der Waals surface area (Å²) in [7, 11) is 3.49. The predicted molar refractivity (Wildman–Crippen MR) is 75.2 cm³/mol. The molecule has 0 aliphatic carbocycles. The molecule has 2 N–H and O–H groups in total. The van der Waals surface area contributed by atoms with Crippen molar-refractivity contribution in [3.8, 4) is 0 Å². The van der Waals surface area contributed by atoms with E-state index in [0.29, 0.717) is 18.9 Å². The van der Waals surface area contributed by atoms with Gasteiger partial charge in [-0.05, 0) is 18.2 Å². The minimum atomic E-state index is 0.0752. The second-order valence-corrected chi connectivity index (χ2v) is 5.21. The van der Waals surface area contributed by atoms with Gasteiger partial charge < -0.3 is 15.2 Å². The van der Waals surface area contributed by atoms with Gasteiger partial charge in [-0.25, -0.2) is 4.98 Å². The molecule has 96 valence electrons. The van der Waals surface area contributed by atoms with Gasteiger partial charge in [0.1, 0.15) is 0 Å². The van der Waals surface area contributed by atoms with E-state index in [1.165, 1.54) is 0 Å². The highest BCUT2D eigenvalue weighted by Gasteiger charge is 2.11. The van der Waals surface area contributed by atoms with E-state index >= 15 is 0 Å². The maximum absolute atomic E-state index is 11.6. The van der Waals surface area contributed by atoms with Crippen molar-refractivity contribution in [1.29, 1.82) is 0 Å². The summed E-state index contributed by atoms with van der Waals surface area (Å²) in [6, 6.07) is 5.78. The number of nitrogens with two attached hydrogens (primary N) is 1. The summed E-state index contributed by atoms with van der Waals surface area (Å²) in [6.07, 6.45) is 0.412. The first-order valence-corrected chi connectivity index (χ1v) is 6.40. The first-order chi connectivity index (χ1) is 8.49. The molecule has 0 aliphatic heterocycles. The molecule has 1 aromatic carbocycles. The molecule has 0 spiro atoms. The number of nitrogen functional groups attached to an aromatic ring is 1. The van der Waals surface area contributed by atoms with Gasteiger partial charge >= 0.3 is 0 Å². The molecule has 0 radical (unpaired) electrons. The van der Waals surface area contributed by atoms with Crippen LogP contribution in [0.2, 0.25) is 0 Å². The highest BCUT2D eigenvalue weighted by atomic mass is 79.9. The lowest BCUT2D eigenvalue weighted by Gasteiger charge is -2.11. The first kappa shape index (κ1) is 12.9. The van der Waals surface area contributed by atoms with E-state index < -0.39 is 0 Å². The molecule has 2 aromatic rings. The number of carbonyl (C=O) groups excluding carboxylic acids is 1. The molecule has 0 saturated carbocycles. The van der Waals surface area contributed by atoms with Crippen molar-refractivity contribution in [3.63, 3.8) is 0 Å². The number of hydrogen-bond donors (Lipinski definition) is 1. The molecule has 1 amide bonds. The Kier molecular flexibility index (Phi) is 3.56. The minimum absolute atomic E-state index is 0.0752. The lowest BCUT2D eigenvalue weighted by atomic mass is 10.3. The van der Waals surface area contributed by atoms with Crippen LogP contribution in [0.3, 0.4) is 0 Å². The fourth-order valence-corrected chi connectivity index (χ4v) is 2.13. The normalized spacial score (nSPS) is 10.8. The van der Waals surface area contributed by atoms with Crippen molar-refractivity contribution in [1.82, 2.24) is 14.5 Å². The van der Waals surface area contributed by atoms with Crippen LogP contribution in [-0.2, 0) is 11.3 Å². The van der Waals surface area contributed by atoms with Crippen molar-refractivity contribution in [2.75, 3.05) is 19.8 Å². The average molecular weight is 311 g/mol.